The highest BCUT2D eigenvalue weighted by molar-refractivity contribution is 7.86. The summed E-state index contributed by atoms with van der Waals surface area (Å²) in [5.41, 5.74) is 1.01. The van der Waals surface area contributed by atoms with Gasteiger partial charge in [-0.1, -0.05) is 115 Å². The molecule has 0 aromatic heterocycles. The first kappa shape index (κ1) is 36.9. The van der Waals surface area contributed by atoms with Crippen molar-refractivity contribution in [3.05, 3.63) is 42.2 Å². The van der Waals surface area contributed by atoms with Gasteiger partial charge in [-0.15, -0.1) is 0 Å². The molecule has 0 radical (unpaired) electrons. The van der Waals surface area contributed by atoms with Crippen LogP contribution in [-0.2, 0) is 23.8 Å². The fraction of sp³-hybridized carbons (Fsp3) is 0.778. The molecular formula is C36H62N2O5S. The lowest BCUT2D eigenvalue weighted by atomic mass is 9.97. The van der Waals surface area contributed by atoms with Crippen LogP contribution in [0.15, 0.2) is 41.6 Å². The lowest BCUT2D eigenvalue weighted by molar-refractivity contribution is -0.00923. The molecule has 7 nitrogen and oxygen atoms in total. The maximum atomic E-state index is 12.8. The van der Waals surface area contributed by atoms with E-state index >= 15 is 0 Å². The van der Waals surface area contributed by atoms with E-state index in [-0.39, 0.29) is 11.0 Å². The summed E-state index contributed by atoms with van der Waals surface area (Å²) < 4.78 is 43.2. The second-order valence-corrected chi connectivity index (χ2v) is 14.7. The lowest BCUT2D eigenvalue weighted by Crippen LogP contribution is -2.40. The van der Waals surface area contributed by atoms with Gasteiger partial charge in [0.15, 0.2) is 0 Å². The molecule has 3 unspecified atom stereocenters. The smallest absolute Gasteiger partial charge is 0.300 e. The van der Waals surface area contributed by atoms with Crippen molar-refractivity contribution in [1.82, 2.24) is 9.80 Å². The summed E-state index contributed by atoms with van der Waals surface area (Å²) in [7, 11) is -2.01. The molecule has 2 aliphatic heterocycles. The average Bonchev–Trinajstić information content (AvgIpc) is 3.60. The van der Waals surface area contributed by atoms with Crippen LogP contribution >= 0.6 is 0 Å². The minimum absolute atomic E-state index is 0.182. The molecule has 1 aromatic carbocycles. The lowest BCUT2D eigenvalue weighted by Gasteiger charge is -2.29. The zero-order chi connectivity index (χ0) is 31.5. The van der Waals surface area contributed by atoms with E-state index in [0.717, 1.165) is 57.4 Å². The summed E-state index contributed by atoms with van der Waals surface area (Å²) >= 11 is 0. The summed E-state index contributed by atoms with van der Waals surface area (Å²) in [5, 5.41) is 0. The van der Waals surface area contributed by atoms with Gasteiger partial charge in [-0.05, 0) is 50.7 Å². The van der Waals surface area contributed by atoms with Gasteiger partial charge in [0.05, 0.1) is 17.6 Å². The fourth-order valence-corrected chi connectivity index (χ4v) is 7.25. The Bertz CT molecular complexity index is 1020. The molecule has 252 valence electrons. The second-order valence-electron chi connectivity index (χ2n) is 13.1. The molecule has 0 N–H and O–H groups in total. The van der Waals surface area contributed by atoms with E-state index in [0.29, 0.717) is 12.5 Å². The van der Waals surface area contributed by atoms with Gasteiger partial charge in [-0.3, -0.25) is 0 Å². The highest BCUT2D eigenvalue weighted by Crippen LogP contribution is 2.26. The van der Waals surface area contributed by atoms with E-state index in [4.69, 9.17) is 13.7 Å². The Hall–Kier alpha value is -1.61. The highest BCUT2D eigenvalue weighted by atomic mass is 32.2. The van der Waals surface area contributed by atoms with Crippen LogP contribution in [-0.4, -0.2) is 64.1 Å². The van der Waals surface area contributed by atoms with Crippen molar-refractivity contribution in [3.63, 3.8) is 0 Å². The maximum absolute atomic E-state index is 12.8. The molecule has 0 spiro atoms. The first-order valence-corrected chi connectivity index (χ1v) is 19.1. The molecule has 8 heteroatoms. The number of hydrogen-bond acceptors (Lipinski definition) is 7. The largest absolute Gasteiger partial charge is 0.379 e. The number of unbranched alkanes of at least 4 members (excludes halogenated alkanes) is 14. The van der Waals surface area contributed by atoms with E-state index in [1.165, 1.54) is 83.5 Å². The third-order valence-corrected chi connectivity index (χ3v) is 10.3. The summed E-state index contributed by atoms with van der Waals surface area (Å²) in [4.78, 5) is 3.92. The predicted octanol–water partition coefficient (Wildman–Crippen LogP) is 8.78. The Morgan fingerprint density at radius 3 is 2.11 bits per heavy atom. The molecule has 3 atom stereocenters. The molecule has 0 bridgehead atoms. The van der Waals surface area contributed by atoms with Crippen LogP contribution in [0.4, 0.5) is 0 Å². The van der Waals surface area contributed by atoms with Gasteiger partial charge in [0.1, 0.15) is 0 Å². The number of benzene rings is 1. The summed E-state index contributed by atoms with van der Waals surface area (Å²) in [6.07, 6.45) is 26.8. The first-order chi connectivity index (χ1) is 21.4. The Kier molecular flexibility index (Phi) is 17.8. The number of nitrogens with zero attached hydrogens (tertiary/aromatic N) is 2. The van der Waals surface area contributed by atoms with Gasteiger partial charge in [0.25, 0.3) is 10.1 Å². The van der Waals surface area contributed by atoms with Crippen molar-refractivity contribution in [1.29, 1.82) is 0 Å². The topological polar surface area (TPSA) is 68.3 Å². The van der Waals surface area contributed by atoms with Crippen molar-refractivity contribution in [2.45, 2.75) is 147 Å². The Morgan fingerprint density at radius 2 is 1.43 bits per heavy atom. The highest BCUT2D eigenvalue weighted by Gasteiger charge is 2.30. The van der Waals surface area contributed by atoms with Crippen molar-refractivity contribution in [2.24, 2.45) is 5.92 Å². The normalized spacial score (nSPS) is 20.3. The summed E-state index contributed by atoms with van der Waals surface area (Å²) in [6.45, 7) is 7.35. The van der Waals surface area contributed by atoms with E-state index in [2.05, 4.69) is 6.92 Å². The van der Waals surface area contributed by atoms with Gasteiger partial charge in [0, 0.05) is 39.2 Å². The molecular weight excluding hydrogens is 572 g/mol. The molecule has 0 aliphatic carbocycles. The van der Waals surface area contributed by atoms with Gasteiger partial charge in [-0.2, -0.15) is 8.42 Å². The molecule has 1 aromatic rings. The van der Waals surface area contributed by atoms with Crippen LogP contribution in [0, 0.1) is 12.8 Å². The summed E-state index contributed by atoms with van der Waals surface area (Å²) in [5.74, 6) is 0.713. The van der Waals surface area contributed by atoms with Crippen LogP contribution in [0.1, 0.15) is 128 Å². The molecule has 2 aliphatic rings. The van der Waals surface area contributed by atoms with Gasteiger partial charge < -0.3 is 19.3 Å². The molecule has 3 rings (SSSR count). The molecule has 0 saturated carbocycles. The Balaban J connectivity index is 1.14. The van der Waals surface area contributed by atoms with E-state index in [1.807, 2.05) is 31.3 Å². The van der Waals surface area contributed by atoms with Crippen molar-refractivity contribution < 1.29 is 22.1 Å². The zero-order valence-corrected chi connectivity index (χ0v) is 28.9. The molecule has 1 fully saturated rings. The van der Waals surface area contributed by atoms with Crippen molar-refractivity contribution in [2.75, 3.05) is 33.4 Å². The van der Waals surface area contributed by atoms with Crippen LogP contribution in [0.5, 0.6) is 0 Å². The monoisotopic (exact) mass is 634 g/mol. The third kappa shape index (κ3) is 14.2. The average molecular weight is 635 g/mol. The standard InChI is InChI=1S/C36H62N2O5S/c1-4-5-6-7-8-9-10-11-12-13-14-17-20-33-29-34(42-30-33)31-41-28-19-16-15-18-25-38-27-26-37(3)36(38)43-44(39,40)35-23-21-32(2)22-24-35/h21-24,26-27,33-34,36H,4-20,25,28-31H2,1-3H3. The SMILES string of the molecule is CCCCCCCCCCCCCCC1COC(COCCCCCCN2C=CN(C)C2OS(=O)(=O)c2ccc(C)cc2)C1. The number of hydrogen-bond donors (Lipinski definition) is 0. The minimum Gasteiger partial charge on any atom is -0.379 e. The Morgan fingerprint density at radius 1 is 0.818 bits per heavy atom. The van der Waals surface area contributed by atoms with Crippen LogP contribution in [0.2, 0.25) is 0 Å². The van der Waals surface area contributed by atoms with Gasteiger partial charge in [0.2, 0.25) is 6.35 Å². The molecule has 0 amide bonds. The number of aryl methyl sites for hydroxylation is 1. The number of rotatable bonds is 25. The first-order valence-electron chi connectivity index (χ1n) is 17.7. The molecule has 1 saturated heterocycles. The zero-order valence-electron chi connectivity index (χ0n) is 28.1. The summed E-state index contributed by atoms with van der Waals surface area (Å²) in [6, 6.07) is 6.76. The van der Waals surface area contributed by atoms with Crippen LogP contribution < -0.4 is 0 Å². The van der Waals surface area contributed by atoms with E-state index in [9.17, 15) is 8.42 Å². The van der Waals surface area contributed by atoms with E-state index in [1.54, 1.807) is 29.2 Å². The third-order valence-electron chi connectivity index (χ3n) is 9.04. The fourth-order valence-electron chi connectivity index (χ4n) is 6.19. The van der Waals surface area contributed by atoms with Crippen LogP contribution in [0.25, 0.3) is 0 Å². The van der Waals surface area contributed by atoms with Crippen molar-refractivity contribution >= 4 is 10.1 Å². The Labute approximate surface area is 269 Å². The van der Waals surface area contributed by atoms with Gasteiger partial charge in [-0.25, -0.2) is 4.18 Å². The van der Waals surface area contributed by atoms with Crippen LogP contribution in [0.3, 0.4) is 0 Å². The molecule has 2 heterocycles. The van der Waals surface area contributed by atoms with Crippen molar-refractivity contribution in [3.8, 4) is 0 Å². The number of ether oxygens (including phenoxy) is 2. The predicted molar refractivity (Wildman–Crippen MR) is 180 cm³/mol. The van der Waals surface area contributed by atoms with E-state index < -0.39 is 16.5 Å². The van der Waals surface area contributed by atoms with Gasteiger partial charge >= 0.3 is 0 Å². The maximum Gasteiger partial charge on any atom is 0.300 e. The minimum atomic E-state index is -3.85. The quantitative estimate of drug-likeness (QED) is 0.0787. The molecule has 44 heavy (non-hydrogen) atoms. The second kappa shape index (κ2) is 21.2.